The minimum atomic E-state index is -1.12. The molecule has 0 spiro atoms. The molecule has 1 aromatic rings. The lowest BCUT2D eigenvalue weighted by Crippen LogP contribution is -2.28. The SMILES string of the molecule is CCC(Nc1nc(C(=O)O)cs1)C(=O)O. The van der Waals surface area contributed by atoms with Crippen molar-refractivity contribution >= 4 is 28.4 Å². The summed E-state index contributed by atoms with van der Waals surface area (Å²) in [4.78, 5) is 24.9. The second-order valence-electron chi connectivity index (χ2n) is 2.79. The molecule has 0 radical (unpaired) electrons. The molecule has 0 aliphatic carbocycles. The third kappa shape index (κ3) is 2.91. The van der Waals surface area contributed by atoms with Gasteiger partial charge in [-0.25, -0.2) is 14.6 Å². The van der Waals surface area contributed by atoms with Crippen molar-refractivity contribution in [2.45, 2.75) is 19.4 Å². The van der Waals surface area contributed by atoms with E-state index in [4.69, 9.17) is 10.2 Å². The number of anilines is 1. The number of aliphatic carboxylic acids is 1. The van der Waals surface area contributed by atoms with Gasteiger partial charge in [0, 0.05) is 5.38 Å². The van der Waals surface area contributed by atoms with Crippen molar-refractivity contribution in [2.75, 3.05) is 5.32 Å². The van der Waals surface area contributed by atoms with Crippen molar-refractivity contribution < 1.29 is 19.8 Å². The molecule has 6 nitrogen and oxygen atoms in total. The van der Waals surface area contributed by atoms with Crippen molar-refractivity contribution in [3.05, 3.63) is 11.1 Å². The van der Waals surface area contributed by atoms with Gasteiger partial charge in [0.15, 0.2) is 10.8 Å². The van der Waals surface area contributed by atoms with E-state index in [1.807, 2.05) is 0 Å². The first-order chi connectivity index (χ1) is 7.04. The van der Waals surface area contributed by atoms with Crippen molar-refractivity contribution in [1.29, 1.82) is 0 Å². The van der Waals surface area contributed by atoms with Crippen molar-refractivity contribution in [3.8, 4) is 0 Å². The van der Waals surface area contributed by atoms with Gasteiger partial charge in [0.25, 0.3) is 0 Å². The largest absolute Gasteiger partial charge is 0.480 e. The molecule has 1 rings (SSSR count). The Morgan fingerprint density at radius 1 is 1.60 bits per heavy atom. The average molecular weight is 230 g/mol. The van der Waals surface area contributed by atoms with Crippen molar-refractivity contribution in [1.82, 2.24) is 4.98 Å². The number of hydrogen-bond acceptors (Lipinski definition) is 5. The molecule has 0 fully saturated rings. The van der Waals surface area contributed by atoms with Crippen LogP contribution in [0.15, 0.2) is 5.38 Å². The Labute approximate surface area is 89.6 Å². The van der Waals surface area contributed by atoms with Crippen LogP contribution in [0.1, 0.15) is 23.8 Å². The zero-order valence-corrected chi connectivity index (χ0v) is 8.74. The first-order valence-corrected chi connectivity index (χ1v) is 5.10. The van der Waals surface area contributed by atoms with Crippen LogP contribution in [0.25, 0.3) is 0 Å². The highest BCUT2D eigenvalue weighted by Crippen LogP contribution is 2.17. The quantitative estimate of drug-likeness (QED) is 0.700. The highest BCUT2D eigenvalue weighted by Gasteiger charge is 2.17. The van der Waals surface area contributed by atoms with Gasteiger partial charge >= 0.3 is 11.9 Å². The highest BCUT2D eigenvalue weighted by molar-refractivity contribution is 7.13. The van der Waals surface area contributed by atoms with Crippen LogP contribution < -0.4 is 5.32 Å². The number of nitrogens with one attached hydrogen (secondary N) is 1. The van der Waals surface area contributed by atoms with Crippen LogP contribution in [0.4, 0.5) is 5.13 Å². The molecule has 0 aliphatic rings. The molecule has 1 atom stereocenters. The molecule has 7 heteroatoms. The molecular weight excluding hydrogens is 220 g/mol. The molecule has 0 aliphatic heterocycles. The maximum Gasteiger partial charge on any atom is 0.355 e. The smallest absolute Gasteiger partial charge is 0.355 e. The summed E-state index contributed by atoms with van der Waals surface area (Å²) in [6, 6.07) is -0.738. The van der Waals surface area contributed by atoms with E-state index in [1.165, 1.54) is 5.38 Å². The molecule has 0 saturated heterocycles. The van der Waals surface area contributed by atoms with Crippen LogP contribution in [0.3, 0.4) is 0 Å². The van der Waals surface area contributed by atoms with Crippen LogP contribution in [0.5, 0.6) is 0 Å². The van der Waals surface area contributed by atoms with Gasteiger partial charge in [0.1, 0.15) is 6.04 Å². The summed E-state index contributed by atoms with van der Waals surface area (Å²) in [6.07, 6.45) is 0.400. The Bertz CT molecular complexity index is 376. The van der Waals surface area contributed by atoms with Gasteiger partial charge in [-0.15, -0.1) is 11.3 Å². The molecule has 0 saturated carbocycles. The van der Waals surface area contributed by atoms with E-state index >= 15 is 0 Å². The second kappa shape index (κ2) is 4.74. The highest BCUT2D eigenvalue weighted by atomic mass is 32.1. The molecule has 0 bridgehead atoms. The van der Waals surface area contributed by atoms with Gasteiger partial charge in [0.05, 0.1) is 0 Å². The first kappa shape index (κ1) is 11.4. The Hall–Kier alpha value is -1.63. The number of nitrogens with zero attached hydrogens (tertiary/aromatic N) is 1. The summed E-state index contributed by atoms with van der Waals surface area (Å²) >= 11 is 1.07. The zero-order valence-electron chi connectivity index (χ0n) is 7.93. The molecule has 3 N–H and O–H groups in total. The van der Waals surface area contributed by atoms with Gasteiger partial charge in [-0.2, -0.15) is 0 Å². The number of hydrogen-bond donors (Lipinski definition) is 3. The normalized spacial score (nSPS) is 12.1. The number of aromatic nitrogens is 1. The standard InChI is InChI=1S/C8H10N2O4S/c1-2-4(6(11)12)9-8-10-5(3-15-8)7(13)14/h3-4H,2H2,1H3,(H,9,10)(H,11,12)(H,13,14). The van der Waals surface area contributed by atoms with Crippen LogP contribution in [0.2, 0.25) is 0 Å². The Morgan fingerprint density at radius 3 is 2.67 bits per heavy atom. The summed E-state index contributed by atoms with van der Waals surface area (Å²) in [5, 5.41) is 21.7. The topological polar surface area (TPSA) is 99.5 Å². The van der Waals surface area contributed by atoms with E-state index in [-0.39, 0.29) is 5.69 Å². The molecule has 0 aromatic carbocycles. The second-order valence-corrected chi connectivity index (χ2v) is 3.64. The van der Waals surface area contributed by atoms with Gasteiger partial charge in [-0.1, -0.05) is 6.92 Å². The fraction of sp³-hybridized carbons (Fsp3) is 0.375. The number of rotatable bonds is 5. The summed E-state index contributed by atoms with van der Waals surface area (Å²) in [7, 11) is 0. The fourth-order valence-corrected chi connectivity index (χ4v) is 1.66. The van der Waals surface area contributed by atoms with Gasteiger partial charge < -0.3 is 15.5 Å². The summed E-state index contributed by atoms with van der Waals surface area (Å²) in [6.45, 7) is 1.72. The maximum absolute atomic E-state index is 10.7. The van der Waals surface area contributed by atoms with Crippen LogP contribution in [0, 0.1) is 0 Å². The lowest BCUT2D eigenvalue weighted by atomic mass is 10.2. The number of carboxylic acids is 2. The molecule has 1 unspecified atom stereocenters. The average Bonchev–Trinajstić information content (AvgIpc) is 2.61. The minimum absolute atomic E-state index is 0.0808. The number of carboxylic acid groups (broad SMARTS) is 2. The van der Waals surface area contributed by atoms with E-state index in [1.54, 1.807) is 6.92 Å². The van der Waals surface area contributed by atoms with E-state index in [0.29, 0.717) is 11.6 Å². The summed E-state index contributed by atoms with van der Waals surface area (Å²) in [5.41, 5.74) is -0.0808. The lowest BCUT2D eigenvalue weighted by molar-refractivity contribution is -0.137. The van der Waals surface area contributed by atoms with Crippen LogP contribution in [-0.2, 0) is 4.79 Å². The van der Waals surface area contributed by atoms with Crippen LogP contribution in [-0.4, -0.2) is 33.2 Å². The van der Waals surface area contributed by atoms with Crippen LogP contribution >= 0.6 is 11.3 Å². The molecule has 1 aromatic heterocycles. The number of carbonyl (C=O) groups is 2. The predicted molar refractivity (Wildman–Crippen MR) is 54.4 cm³/mol. The zero-order chi connectivity index (χ0) is 11.4. The number of thiazole rings is 1. The van der Waals surface area contributed by atoms with Gasteiger partial charge in [-0.3, -0.25) is 0 Å². The van der Waals surface area contributed by atoms with E-state index in [0.717, 1.165) is 11.3 Å². The van der Waals surface area contributed by atoms with E-state index in [9.17, 15) is 9.59 Å². The Kier molecular flexibility index (Phi) is 3.62. The molecule has 15 heavy (non-hydrogen) atoms. The number of aromatic carboxylic acids is 1. The Balaban J connectivity index is 2.71. The molecule has 1 heterocycles. The monoisotopic (exact) mass is 230 g/mol. The minimum Gasteiger partial charge on any atom is -0.480 e. The maximum atomic E-state index is 10.7. The third-order valence-corrected chi connectivity index (χ3v) is 2.50. The summed E-state index contributed by atoms with van der Waals surface area (Å²) < 4.78 is 0. The fourth-order valence-electron chi connectivity index (χ4n) is 0.926. The molecule has 82 valence electrons. The van der Waals surface area contributed by atoms with Gasteiger partial charge in [0.2, 0.25) is 0 Å². The summed E-state index contributed by atoms with van der Waals surface area (Å²) in [5.74, 6) is -2.10. The van der Waals surface area contributed by atoms with Gasteiger partial charge in [-0.05, 0) is 6.42 Å². The third-order valence-electron chi connectivity index (χ3n) is 1.73. The molecule has 0 amide bonds. The first-order valence-electron chi connectivity index (χ1n) is 4.22. The van der Waals surface area contributed by atoms with Crippen molar-refractivity contribution in [2.24, 2.45) is 0 Å². The molecular formula is C8H10N2O4S. The van der Waals surface area contributed by atoms with E-state index in [2.05, 4.69) is 10.3 Å². The predicted octanol–water partition coefficient (Wildman–Crippen LogP) is 1.12. The Morgan fingerprint density at radius 2 is 2.27 bits per heavy atom. The lowest BCUT2D eigenvalue weighted by Gasteiger charge is -2.09. The van der Waals surface area contributed by atoms with E-state index < -0.39 is 18.0 Å². The van der Waals surface area contributed by atoms with Crippen molar-refractivity contribution in [3.63, 3.8) is 0 Å².